The second-order valence-corrected chi connectivity index (χ2v) is 4.38. The van der Waals surface area contributed by atoms with Crippen LogP contribution in [0.4, 0.5) is 0 Å². The van der Waals surface area contributed by atoms with Crippen molar-refractivity contribution in [3.05, 3.63) is 35.4 Å². The number of carbonyl (C=O) groups excluding carboxylic acids is 2. The number of rotatable bonds is 4. The number of nitrogens with zero attached hydrogens (tertiary/aromatic N) is 1. The third kappa shape index (κ3) is 2.08. The van der Waals surface area contributed by atoms with E-state index >= 15 is 0 Å². The third-order valence-electron chi connectivity index (χ3n) is 3.04. The van der Waals surface area contributed by atoms with Crippen LogP contribution in [0.2, 0.25) is 0 Å². The van der Waals surface area contributed by atoms with Crippen LogP contribution < -0.4 is 0 Å². The van der Waals surface area contributed by atoms with Crippen molar-refractivity contribution in [3.63, 3.8) is 0 Å². The summed E-state index contributed by atoms with van der Waals surface area (Å²) in [6.07, 6.45) is 0.627. The number of hydrogen-bond acceptors (Lipinski definition) is 3. The summed E-state index contributed by atoms with van der Waals surface area (Å²) < 4.78 is 0. The van der Waals surface area contributed by atoms with Crippen molar-refractivity contribution in [1.82, 2.24) is 4.90 Å². The topological polar surface area (TPSA) is 57.6 Å². The molecule has 1 aliphatic heterocycles. The SMILES string of the molecule is CC(CO)CCN1C(=O)c2ccccc2C1=O. The second kappa shape index (κ2) is 4.67. The van der Waals surface area contributed by atoms with Gasteiger partial charge in [-0.05, 0) is 24.5 Å². The van der Waals surface area contributed by atoms with Gasteiger partial charge in [-0.15, -0.1) is 0 Å². The molecular weight excluding hydrogens is 218 g/mol. The average molecular weight is 233 g/mol. The fourth-order valence-corrected chi connectivity index (χ4v) is 1.88. The molecule has 0 spiro atoms. The molecule has 0 radical (unpaired) electrons. The van der Waals surface area contributed by atoms with Crippen LogP contribution in [-0.4, -0.2) is 35.0 Å². The monoisotopic (exact) mass is 233 g/mol. The Labute approximate surface area is 99.9 Å². The van der Waals surface area contributed by atoms with E-state index in [4.69, 9.17) is 5.11 Å². The Kier molecular flexibility index (Phi) is 3.24. The smallest absolute Gasteiger partial charge is 0.261 e. The van der Waals surface area contributed by atoms with E-state index in [2.05, 4.69) is 0 Å². The van der Waals surface area contributed by atoms with Crippen molar-refractivity contribution in [3.8, 4) is 0 Å². The van der Waals surface area contributed by atoms with Crippen molar-refractivity contribution >= 4 is 11.8 Å². The molecule has 0 saturated carbocycles. The van der Waals surface area contributed by atoms with E-state index < -0.39 is 0 Å². The van der Waals surface area contributed by atoms with E-state index in [1.807, 2.05) is 6.92 Å². The van der Waals surface area contributed by atoms with Gasteiger partial charge in [0.1, 0.15) is 0 Å². The minimum absolute atomic E-state index is 0.0726. The van der Waals surface area contributed by atoms with E-state index in [1.165, 1.54) is 4.90 Å². The van der Waals surface area contributed by atoms with Gasteiger partial charge in [-0.25, -0.2) is 0 Å². The highest BCUT2D eigenvalue weighted by molar-refractivity contribution is 6.21. The summed E-state index contributed by atoms with van der Waals surface area (Å²) in [5, 5.41) is 8.93. The Bertz CT molecular complexity index is 421. The lowest BCUT2D eigenvalue weighted by Gasteiger charge is -2.15. The number of imide groups is 1. The first kappa shape index (κ1) is 11.8. The molecule has 4 nitrogen and oxygen atoms in total. The highest BCUT2D eigenvalue weighted by Gasteiger charge is 2.34. The molecule has 1 heterocycles. The molecule has 1 unspecified atom stereocenters. The summed E-state index contributed by atoms with van der Waals surface area (Å²) in [5.74, 6) is -0.356. The lowest BCUT2D eigenvalue weighted by atomic mass is 10.1. The minimum atomic E-state index is -0.226. The quantitative estimate of drug-likeness (QED) is 0.797. The lowest BCUT2D eigenvalue weighted by molar-refractivity contribution is 0.0640. The van der Waals surface area contributed by atoms with Crippen LogP contribution in [0.25, 0.3) is 0 Å². The van der Waals surface area contributed by atoms with Crippen molar-refractivity contribution in [1.29, 1.82) is 0 Å². The van der Waals surface area contributed by atoms with Crippen LogP contribution in [0.5, 0.6) is 0 Å². The summed E-state index contributed by atoms with van der Waals surface area (Å²) in [4.78, 5) is 25.2. The standard InChI is InChI=1S/C13H15NO3/c1-9(8-15)6-7-14-12(16)10-4-2-3-5-11(10)13(14)17/h2-5,9,15H,6-8H2,1H3. The molecule has 90 valence electrons. The minimum Gasteiger partial charge on any atom is -0.396 e. The van der Waals surface area contributed by atoms with Crippen molar-refractivity contribution in [2.45, 2.75) is 13.3 Å². The highest BCUT2D eigenvalue weighted by Crippen LogP contribution is 2.22. The zero-order valence-corrected chi connectivity index (χ0v) is 9.72. The van der Waals surface area contributed by atoms with Gasteiger partial charge < -0.3 is 5.11 Å². The molecule has 2 amide bonds. The summed E-state index contributed by atoms with van der Waals surface area (Å²) in [6.45, 7) is 2.33. The maximum absolute atomic E-state index is 12.0. The maximum Gasteiger partial charge on any atom is 0.261 e. The van der Waals surface area contributed by atoms with Gasteiger partial charge in [-0.2, -0.15) is 0 Å². The van der Waals surface area contributed by atoms with Crippen LogP contribution in [-0.2, 0) is 0 Å². The molecule has 1 aliphatic rings. The Balaban J connectivity index is 2.13. The zero-order valence-electron chi connectivity index (χ0n) is 9.72. The van der Waals surface area contributed by atoms with Gasteiger partial charge >= 0.3 is 0 Å². The molecule has 2 rings (SSSR count). The molecule has 0 fully saturated rings. The Morgan fingerprint density at radius 2 is 1.71 bits per heavy atom. The first-order valence-electron chi connectivity index (χ1n) is 5.71. The number of fused-ring (bicyclic) bond motifs is 1. The predicted octanol–water partition coefficient (Wildman–Crippen LogP) is 1.30. The Morgan fingerprint density at radius 1 is 1.18 bits per heavy atom. The lowest BCUT2D eigenvalue weighted by Crippen LogP contribution is -2.31. The molecule has 17 heavy (non-hydrogen) atoms. The van der Waals surface area contributed by atoms with E-state index in [0.717, 1.165) is 0 Å². The van der Waals surface area contributed by atoms with Crippen LogP contribution in [0.3, 0.4) is 0 Å². The first-order valence-corrected chi connectivity index (χ1v) is 5.71. The molecule has 1 aromatic rings. The van der Waals surface area contributed by atoms with Gasteiger partial charge in [-0.1, -0.05) is 19.1 Å². The van der Waals surface area contributed by atoms with E-state index in [0.29, 0.717) is 24.1 Å². The van der Waals surface area contributed by atoms with Crippen molar-refractivity contribution < 1.29 is 14.7 Å². The molecule has 1 N–H and O–H groups in total. The molecule has 1 aromatic carbocycles. The number of hydrogen-bond donors (Lipinski definition) is 1. The van der Waals surface area contributed by atoms with Crippen LogP contribution >= 0.6 is 0 Å². The summed E-state index contributed by atoms with van der Waals surface area (Å²) in [5.41, 5.74) is 0.961. The second-order valence-electron chi connectivity index (χ2n) is 4.38. The molecule has 0 aliphatic carbocycles. The predicted molar refractivity (Wildman–Crippen MR) is 62.7 cm³/mol. The van der Waals surface area contributed by atoms with Gasteiger partial charge in [0.25, 0.3) is 11.8 Å². The molecule has 1 atom stereocenters. The van der Waals surface area contributed by atoms with E-state index in [9.17, 15) is 9.59 Å². The molecule has 0 saturated heterocycles. The van der Waals surface area contributed by atoms with Crippen LogP contribution in [0, 0.1) is 5.92 Å². The molecule has 0 aromatic heterocycles. The number of aliphatic hydroxyl groups is 1. The van der Waals surface area contributed by atoms with Crippen LogP contribution in [0.15, 0.2) is 24.3 Å². The number of benzene rings is 1. The van der Waals surface area contributed by atoms with Crippen molar-refractivity contribution in [2.75, 3.05) is 13.2 Å². The number of aliphatic hydroxyl groups excluding tert-OH is 1. The average Bonchev–Trinajstić information content (AvgIpc) is 2.60. The zero-order chi connectivity index (χ0) is 12.4. The van der Waals surface area contributed by atoms with Gasteiger partial charge in [0.05, 0.1) is 11.1 Å². The maximum atomic E-state index is 12.0. The number of amides is 2. The molecular formula is C13H15NO3. The fraction of sp³-hybridized carbons (Fsp3) is 0.385. The summed E-state index contributed by atoms with van der Waals surface area (Å²) in [7, 11) is 0. The molecule has 0 bridgehead atoms. The van der Waals surface area contributed by atoms with E-state index in [-0.39, 0.29) is 24.3 Å². The number of carbonyl (C=O) groups is 2. The first-order chi connectivity index (χ1) is 8.15. The fourth-order valence-electron chi connectivity index (χ4n) is 1.88. The van der Waals surface area contributed by atoms with Gasteiger partial charge in [-0.3, -0.25) is 14.5 Å². The van der Waals surface area contributed by atoms with Gasteiger partial charge in [0.2, 0.25) is 0 Å². The normalized spacial score (nSPS) is 16.2. The molecule has 4 heteroatoms. The Morgan fingerprint density at radius 3 is 2.18 bits per heavy atom. The van der Waals surface area contributed by atoms with Crippen molar-refractivity contribution in [2.24, 2.45) is 5.92 Å². The third-order valence-corrected chi connectivity index (χ3v) is 3.04. The van der Waals surface area contributed by atoms with E-state index in [1.54, 1.807) is 24.3 Å². The summed E-state index contributed by atoms with van der Waals surface area (Å²) in [6, 6.07) is 6.85. The summed E-state index contributed by atoms with van der Waals surface area (Å²) >= 11 is 0. The highest BCUT2D eigenvalue weighted by atomic mass is 16.3. The Hall–Kier alpha value is -1.68. The van der Waals surface area contributed by atoms with Gasteiger partial charge in [0.15, 0.2) is 0 Å². The largest absolute Gasteiger partial charge is 0.396 e. The van der Waals surface area contributed by atoms with Crippen LogP contribution in [0.1, 0.15) is 34.1 Å². The van der Waals surface area contributed by atoms with Gasteiger partial charge in [0, 0.05) is 13.2 Å².